The van der Waals surface area contributed by atoms with Crippen molar-refractivity contribution in [2.45, 2.75) is 46.5 Å². The third-order valence-corrected chi connectivity index (χ3v) is 6.28. The minimum atomic E-state index is -0.0689. The van der Waals surface area contributed by atoms with E-state index < -0.39 is 0 Å². The van der Waals surface area contributed by atoms with Gasteiger partial charge in [0.25, 0.3) is 5.91 Å². The van der Waals surface area contributed by atoms with Crippen LogP contribution in [0.25, 0.3) is 0 Å². The second-order valence-electron chi connectivity index (χ2n) is 9.61. The fraction of sp³-hybridized carbons (Fsp3) is 0.680. The fourth-order valence-electron chi connectivity index (χ4n) is 4.33. The summed E-state index contributed by atoms with van der Waals surface area (Å²) >= 11 is 0. The molecule has 1 aromatic rings. The van der Waals surface area contributed by atoms with Crippen molar-refractivity contribution in [2.24, 2.45) is 11.8 Å². The van der Waals surface area contributed by atoms with Crippen LogP contribution < -0.4 is 15.5 Å². The van der Waals surface area contributed by atoms with Crippen LogP contribution in [0.4, 0.5) is 11.4 Å². The number of benzene rings is 1. The van der Waals surface area contributed by atoms with Gasteiger partial charge in [0.05, 0.1) is 18.8 Å². The van der Waals surface area contributed by atoms with Gasteiger partial charge in [0.1, 0.15) is 0 Å². The molecule has 7 heteroatoms. The molecular formula is C25H40N4O3. The van der Waals surface area contributed by atoms with Crippen molar-refractivity contribution in [1.82, 2.24) is 10.2 Å². The highest BCUT2D eigenvalue weighted by atomic mass is 16.5. The second-order valence-corrected chi connectivity index (χ2v) is 9.61. The molecule has 0 atom stereocenters. The van der Waals surface area contributed by atoms with Crippen molar-refractivity contribution >= 4 is 23.2 Å². The van der Waals surface area contributed by atoms with Crippen LogP contribution in [-0.4, -0.2) is 69.2 Å². The summed E-state index contributed by atoms with van der Waals surface area (Å²) in [5, 5.41) is 6.06. The van der Waals surface area contributed by atoms with Crippen molar-refractivity contribution < 1.29 is 14.3 Å². The molecule has 7 nitrogen and oxygen atoms in total. The van der Waals surface area contributed by atoms with E-state index in [1.54, 1.807) is 0 Å². The molecule has 0 bridgehead atoms. The lowest BCUT2D eigenvalue weighted by Gasteiger charge is -2.33. The molecule has 0 aromatic heterocycles. The Balaban J connectivity index is 1.65. The number of carbonyl (C=O) groups excluding carboxylic acids is 2. The van der Waals surface area contributed by atoms with Crippen LogP contribution in [0.2, 0.25) is 0 Å². The predicted molar refractivity (Wildman–Crippen MR) is 129 cm³/mol. The molecule has 2 N–H and O–H groups in total. The molecule has 3 rings (SSSR count). The maximum Gasteiger partial charge on any atom is 0.253 e. The molecule has 0 saturated carbocycles. The van der Waals surface area contributed by atoms with E-state index >= 15 is 0 Å². The van der Waals surface area contributed by atoms with Crippen molar-refractivity contribution in [1.29, 1.82) is 0 Å². The number of hydrogen-bond donors (Lipinski definition) is 2. The maximum atomic E-state index is 13.2. The Kier molecular flexibility index (Phi) is 9.36. The summed E-state index contributed by atoms with van der Waals surface area (Å²) in [4.78, 5) is 30.1. The van der Waals surface area contributed by atoms with Gasteiger partial charge in [-0.1, -0.05) is 20.8 Å². The zero-order valence-electron chi connectivity index (χ0n) is 20.0. The van der Waals surface area contributed by atoms with Crippen molar-refractivity contribution in [3.8, 4) is 0 Å². The van der Waals surface area contributed by atoms with E-state index in [2.05, 4.69) is 27.4 Å². The summed E-state index contributed by atoms with van der Waals surface area (Å²) in [6, 6.07) is 5.74. The Bertz CT molecular complexity index is 754. The molecule has 0 radical (unpaired) electrons. The number of rotatable bonds is 9. The predicted octanol–water partition coefficient (Wildman–Crippen LogP) is 3.36. The number of piperidine rings is 1. The molecule has 2 heterocycles. The first-order valence-corrected chi connectivity index (χ1v) is 12.2. The Labute approximate surface area is 192 Å². The minimum Gasteiger partial charge on any atom is -0.379 e. The van der Waals surface area contributed by atoms with Crippen LogP contribution in [0.15, 0.2) is 18.2 Å². The molecule has 0 unspecified atom stereocenters. The van der Waals surface area contributed by atoms with Gasteiger partial charge in [-0.15, -0.1) is 0 Å². The molecule has 0 aliphatic carbocycles. The van der Waals surface area contributed by atoms with E-state index in [-0.39, 0.29) is 11.8 Å². The normalized spacial score (nSPS) is 18.1. The molecule has 2 saturated heterocycles. The molecule has 2 aliphatic heterocycles. The Morgan fingerprint density at radius 3 is 2.53 bits per heavy atom. The van der Waals surface area contributed by atoms with E-state index in [0.717, 1.165) is 76.8 Å². The van der Waals surface area contributed by atoms with E-state index in [1.165, 1.54) is 0 Å². The topological polar surface area (TPSA) is 73.9 Å². The lowest BCUT2D eigenvalue weighted by atomic mass is 9.97. The van der Waals surface area contributed by atoms with Gasteiger partial charge in [-0.25, -0.2) is 0 Å². The number of nitrogens with one attached hydrogen (secondary N) is 2. The van der Waals surface area contributed by atoms with Crippen LogP contribution in [-0.2, 0) is 9.53 Å². The molecule has 1 aromatic carbocycles. The molecule has 2 aliphatic rings. The summed E-state index contributed by atoms with van der Waals surface area (Å²) in [5.41, 5.74) is 2.29. The Hall–Kier alpha value is -2.12. The fourth-order valence-corrected chi connectivity index (χ4v) is 4.33. The molecular weight excluding hydrogens is 404 g/mol. The lowest BCUT2D eigenvalue weighted by molar-refractivity contribution is -0.116. The van der Waals surface area contributed by atoms with E-state index in [9.17, 15) is 9.59 Å². The first-order chi connectivity index (χ1) is 15.4. The van der Waals surface area contributed by atoms with Gasteiger partial charge < -0.3 is 20.3 Å². The summed E-state index contributed by atoms with van der Waals surface area (Å²) in [6.45, 7) is 13.3. The number of anilines is 2. The van der Waals surface area contributed by atoms with Crippen molar-refractivity contribution in [2.75, 3.05) is 62.7 Å². The molecule has 32 heavy (non-hydrogen) atoms. The number of nitrogens with zero attached hydrogens (tertiary/aromatic N) is 2. The first-order valence-electron chi connectivity index (χ1n) is 12.2. The van der Waals surface area contributed by atoms with Crippen LogP contribution in [0.3, 0.4) is 0 Å². The highest BCUT2D eigenvalue weighted by Crippen LogP contribution is 2.29. The summed E-state index contributed by atoms with van der Waals surface area (Å²) in [7, 11) is 0. The smallest absolute Gasteiger partial charge is 0.253 e. The number of carbonyl (C=O) groups is 2. The Morgan fingerprint density at radius 2 is 1.84 bits per heavy atom. The second kappa shape index (κ2) is 12.2. The number of ether oxygens (including phenoxy) is 1. The SMILES string of the molecule is CC(C)CC(=O)Nc1ccc(N2CCC(C)CC2)c(C(=O)NCCCN2CCOCC2)c1. The van der Waals surface area contributed by atoms with Crippen LogP contribution >= 0.6 is 0 Å². The summed E-state index contributed by atoms with van der Waals surface area (Å²) in [6.07, 6.45) is 3.64. The van der Waals surface area contributed by atoms with Gasteiger partial charge in [-0.2, -0.15) is 0 Å². The van der Waals surface area contributed by atoms with E-state index in [1.807, 2.05) is 32.0 Å². The molecule has 2 amide bonds. The van der Waals surface area contributed by atoms with E-state index in [0.29, 0.717) is 30.1 Å². The highest BCUT2D eigenvalue weighted by molar-refractivity contribution is 6.02. The molecule has 0 spiro atoms. The van der Waals surface area contributed by atoms with Gasteiger partial charge in [0.15, 0.2) is 0 Å². The number of amides is 2. The third-order valence-electron chi connectivity index (χ3n) is 6.28. The third kappa shape index (κ3) is 7.48. The van der Waals surface area contributed by atoms with Gasteiger partial charge in [0, 0.05) is 50.5 Å². The van der Waals surface area contributed by atoms with Crippen LogP contribution in [0, 0.1) is 11.8 Å². The zero-order chi connectivity index (χ0) is 22.9. The zero-order valence-corrected chi connectivity index (χ0v) is 20.0. The van der Waals surface area contributed by atoms with Crippen LogP contribution in [0.1, 0.15) is 56.8 Å². The van der Waals surface area contributed by atoms with Crippen LogP contribution in [0.5, 0.6) is 0 Å². The van der Waals surface area contributed by atoms with Gasteiger partial charge in [-0.05, 0) is 55.8 Å². The lowest BCUT2D eigenvalue weighted by Crippen LogP contribution is -2.38. The van der Waals surface area contributed by atoms with Gasteiger partial charge >= 0.3 is 0 Å². The van der Waals surface area contributed by atoms with Crippen molar-refractivity contribution in [3.63, 3.8) is 0 Å². The molecule has 2 fully saturated rings. The monoisotopic (exact) mass is 444 g/mol. The number of hydrogen-bond acceptors (Lipinski definition) is 5. The van der Waals surface area contributed by atoms with Gasteiger partial charge in [0.2, 0.25) is 5.91 Å². The first kappa shape index (κ1) is 24.5. The summed E-state index contributed by atoms with van der Waals surface area (Å²) in [5.74, 6) is 0.925. The average molecular weight is 445 g/mol. The minimum absolute atomic E-state index is 0.0172. The highest BCUT2D eigenvalue weighted by Gasteiger charge is 2.22. The standard InChI is InChI=1S/C25H40N4O3/c1-19(2)17-24(30)27-21-5-6-23(29-11-7-20(3)8-12-29)22(18-21)25(31)26-9-4-10-28-13-15-32-16-14-28/h5-6,18-20H,4,7-17H2,1-3H3,(H,26,31)(H,27,30). The summed E-state index contributed by atoms with van der Waals surface area (Å²) < 4.78 is 5.39. The quantitative estimate of drug-likeness (QED) is 0.572. The molecule has 178 valence electrons. The number of morpholine rings is 1. The Morgan fingerprint density at radius 1 is 1.12 bits per heavy atom. The average Bonchev–Trinajstić information content (AvgIpc) is 2.77. The largest absolute Gasteiger partial charge is 0.379 e. The van der Waals surface area contributed by atoms with Crippen molar-refractivity contribution in [3.05, 3.63) is 23.8 Å². The van der Waals surface area contributed by atoms with Gasteiger partial charge in [-0.3, -0.25) is 14.5 Å². The maximum absolute atomic E-state index is 13.2. The van der Waals surface area contributed by atoms with E-state index in [4.69, 9.17) is 4.74 Å².